The number of benzene rings is 2. The summed E-state index contributed by atoms with van der Waals surface area (Å²) in [5.74, 6) is -0.389. The molecule has 0 bridgehead atoms. The quantitative estimate of drug-likeness (QED) is 0.440. The SMILES string of the molecule is COc1ccc(C)cc1N(CC(=O)N(Cc1cccc(Br)c1)C(C)C(=O)NC1CCCCC1)S(C)(=O)=O. The fourth-order valence-electron chi connectivity index (χ4n) is 4.57. The Morgan fingerprint density at radius 1 is 1.14 bits per heavy atom. The van der Waals surface area contributed by atoms with E-state index in [4.69, 9.17) is 4.74 Å². The largest absolute Gasteiger partial charge is 0.495 e. The van der Waals surface area contributed by atoms with Gasteiger partial charge in [0.15, 0.2) is 0 Å². The Kier molecular flexibility index (Phi) is 10.0. The predicted octanol–water partition coefficient (Wildman–Crippen LogP) is 4.40. The van der Waals surface area contributed by atoms with E-state index in [2.05, 4.69) is 21.2 Å². The normalized spacial score (nSPS) is 15.1. The first-order valence-corrected chi connectivity index (χ1v) is 15.1. The fourth-order valence-corrected chi connectivity index (χ4v) is 5.86. The summed E-state index contributed by atoms with van der Waals surface area (Å²) in [4.78, 5) is 28.5. The van der Waals surface area contributed by atoms with Crippen LogP contribution in [-0.2, 0) is 26.2 Å². The van der Waals surface area contributed by atoms with E-state index in [0.29, 0.717) is 5.75 Å². The number of aryl methyl sites for hydroxylation is 1. The third-order valence-corrected chi connectivity index (χ3v) is 8.26. The standard InChI is InChI=1S/C27H36BrN3O5S/c1-19-13-14-25(36-3)24(15-19)31(37(4,34)35)18-26(32)30(17-21-9-8-10-22(28)16-21)20(2)27(33)29-23-11-6-5-7-12-23/h8-10,13-16,20,23H,5-7,11-12,17-18H2,1-4H3,(H,29,33). The van der Waals surface area contributed by atoms with Crippen molar-refractivity contribution in [2.24, 2.45) is 0 Å². The van der Waals surface area contributed by atoms with Crippen molar-refractivity contribution >= 4 is 43.5 Å². The number of carbonyl (C=O) groups is 2. The van der Waals surface area contributed by atoms with E-state index in [1.165, 1.54) is 18.4 Å². The number of sulfonamides is 1. The molecule has 1 saturated carbocycles. The summed E-state index contributed by atoms with van der Waals surface area (Å²) in [7, 11) is -2.39. The Balaban J connectivity index is 1.92. The molecule has 0 radical (unpaired) electrons. The van der Waals surface area contributed by atoms with E-state index in [-0.39, 0.29) is 24.2 Å². The van der Waals surface area contributed by atoms with E-state index < -0.39 is 28.5 Å². The maximum absolute atomic E-state index is 13.8. The number of nitrogens with zero attached hydrogens (tertiary/aromatic N) is 2. The number of anilines is 1. The molecular formula is C27H36BrN3O5S. The van der Waals surface area contributed by atoms with Crippen LogP contribution in [0.3, 0.4) is 0 Å². The van der Waals surface area contributed by atoms with Gasteiger partial charge in [0.2, 0.25) is 21.8 Å². The van der Waals surface area contributed by atoms with Crippen molar-refractivity contribution in [2.75, 3.05) is 24.2 Å². The van der Waals surface area contributed by atoms with Gasteiger partial charge in [0.1, 0.15) is 18.3 Å². The fraction of sp³-hybridized carbons (Fsp3) is 0.481. The maximum Gasteiger partial charge on any atom is 0.244 e. The van der Waals surface area contributed by atoms with Gasteiger partial charge in [0, 0.05) is 17.1 Å². The summed E-state index contributed by atoms with van der Waals surface area (Å²) in [6.45, 7) is 3.21. The number of amides is 2. The molecule has 0 heterocycles. The van der Waals surface area contributed by atoms with E-state index in [9.17, 15) is 18.0 Å². The second-order valence-electron chi connectivity index (χ2n) is 9.62. The van der Waals surface area contributed by atoms with Gasteiger partial charge < -0.3 is 15.0 Å². The molecule has 2 aromatic carbocycles. The number of rotatable bonds is 10. The summed E-state index contributed by atoms with van der Waals surface area (Å²) >= 11 is 3.46. The van der Waals surface area contributed by atoms with Crippen LogP contribution in [0.5, 0.6) is 5.75 Å². The molecule has 0 aliphatic heterocycles. The third-order valence-electron chi connectivity index (χ3n) is 6.64. The highest BCUT2D eigenvalue weighted by molar-refractivity contribution is 9.10. The van der Waals surface area contributed by atoms with Crippen LogP contribution in [0.2, 0.25) is 0 Å². The zero-order valence-corrected chi connectivity index (χ0v) is 24.3. The van der Waals surface area contributed by atoms with Gasteiger partial charge in [0.05, 0.1) is 19.1 Å². The van der Waals surface area contributed by atoms with Gasteiger partial charge >= 0.3 is 0 Å². The second-order valence-corrected chi connectivity index (χ2v) is 12.4. The Morgan fingerprint density at radius 2 is 1.84 bits per heavy atom. The third kappa shape index (κ3) is 7.95. The number of ether oxygens (including phenoxy) is 1. The van der Waals surface area contributed by atoms with Crippen molar-refractivity contribution in [1.29, 1.82) is 0 Å². The van der Waals surface area contributed by atoms with E-state index in [1.807, 2.05) is 37.3 Å². The first-order chi connectivity index (χ1) is 17.5. The van der Waals surface area contributed by atoms with Gasteiger partial charge in [-0.15, -0.1) is 0 Å². The smallest absolute Gasteiger partial charge is 0.244 e. The zero-order valence-electron chi connectivity index (χ0n) is 21.9. The van der Waals surface area contributed by atoms with E-state index in [1.54, 1.807) is 19.1 Å². The van der Waals surface area contributed by atoms with Crippen LogP contribution in [0.25, 0.3) is 0 Å². The van der Waals surface area contributed by atoms with Crippen molar-refractivity contribution in [3.8, 4) is 5.75 Å². The summed E-state index contributed by atoms with van der Waals surface area (Å²) in [5, 5.41) is 3.10. The number of halogens is 1. The van der Waals surface area contributed by atoms with Crippen LogP contribution < -0.4 is 14.4 Å². The zero-order chi connectivity index (χ0) is 27.2. The van der Waals surface area contributed by atoms with Crippen LogP contribution in [-0.4, -0.2) is 57.1 Å². The molecule has 1 unspecified atom stereocenters. The lowest BCUT2D eigenvalue weighted by Gasteiger charge is -2.33. The lowest BCUT2D eigenvalue weighted by molar-refractivity contribution is -0.139. The minimum atomic E-state index is -3.85. The lowest BCUT2D eigenvalue weighted by Crippen LogP contribution is -2.53. The average molecular weight is 595 g/mol. The molecule has 10 heteroatoms. The monoisotopic (exact) mass is 593 g/mol. The van der Waals surface area contributed by atoms with Gasteiger partial charge in [-0.3, -0.25) is 13.9 Å². The highest BCUT2D eigenvalue weighted by Gasteiger charge is 2.32. The molecule has 8 nitrogen and oxygen atoms in total. The Hall–Kier alpha value is -2.59. The van der Waals surface area contributed by atoms with Crippen LogP contribution in [0.15, 0.2) is 46.9 Å². The van der Waals surface area contributed by atoms with Gasteiger partial charge in [-0.1, -0.05) is 53.4 Å². The van der Waals surface area contributed by atoms with Gasteiger partial charge in [-0.05, 0) is 62.1 Å². The van der Waals surface area contributed by atoms with Crippen molar-refractivity contribution in [3.63, 3.8) is 0 Å². The summed E-state index contributed by atoms with van der Waals surface area (Å²) in [6, 6.07) is 11.9. The Morgan fingerprint density at radius 3 is 2.46 bits per heavy atom. The maximum atomic E-state index is 13.8. The van der Waals surface area contributed by atoms with Crippen LogP contribution in [0.4, 0.5) is 5.69 Å². The topological polar surface area (TPSA) is 96.0 Å². The highest BCUT2D eigenvalue weighted by Crippen LogP contribution is 2.31. The number of hydrogen-bond acceptors (Lipinski definition) is 5. The van der Waals surface area contributed by atoms with Crippen molar-refractivity contribution in [3.05, 3.63) is 58.1 Å². The molecule has 1 atom stereocenters. The minimum absolute atomic E-state index is 0.0931. The Labute approximate surface area is 228 Å². The molecule has 1 N–H and O–H groups in total. The lowest BCUT2D eigenvalue weighted by atomic mass is 9.95. The molecule has 2 amide bonds. The average Bonchev–Trinajstić information content (AvgIpc) is 2.85. The molecule has 202 valence electrons. The van der Waals surface area contributed by atoms with Crippen molar-refractivity contribution < 1.29 is 22.7 Å². The summed E-state index contributed by atoms with van der Waals surface area (Å²) in [6.07, 6.45) is 6.21. The summed E-state index contributed by atoms with van der Waals surface area (Å²) in [5.41, 5.74) is 1.92. The van der Waals surface area contributed by atoms with Gasteiger partial charge in [-0.25, -0.2) is 8.42 Å². The van der Waals surface area contributed by atoms with Gasteiger partial charge in [0.25, 0.3) is 0 Å². The predicted molar refractivity (Wildman–Crippen MR) is 149 cm³/mol. The number of nitrogens with one attached hydrogen (secondary N) is 1. The van der Waals surface area contributed by atoms with Crippen LogP contribution in [0.1, 0.15) is 50.2 Å². The van der Waals surface area contributed by atoms with Gasteiger partial charge in [-0.2, -0.15) is 0 Å². The number of methoxy groups -OCH3 is 1. The molecule has 3 rings (SSSR count). The molecule has 37 heavy (non-hydrogen) atoms. The minimum Gasteiger partial charge on any atom is -0.495 e. The molecule has 2 aromatic rings. The van der Waals surface area contributed by atoms with Crippen LogP contribution in [0, 0.1) is 6.92 Å². The molecule has 0 aromatic heterocycles. The van der Waals surface area contributed by atoms with Crippen molar-refractivity contribution in [1.82, 2.24) is 10.2 Å². The number of hydrogen-bond donors (Lipinski definition) is 1. The first-order valence-electron chi connectivity index (χ1n) is 12.5. The molecule has 1 fully saturated rings. The molecular weight excluding hydrogens is 558 g/mol. The molecule has 1 aliphatic carbocycles. The van der Waals surface area contributed by atoms with E-state index in [0.717, 1.165) is 51.8 Å². The van der Waals surface area contributed by atoms with E-state index >= 15 is 0 Å². The molecule has 0 spiro atoms. The first kappa shape index (κ1) is 29.0. The molecule has 1 aliphatic rings. The highest BCUT2D eigenvalue weighted by atomic mass is 79.9. The van der Waals surface area contributed by atoms with Crippen molar-refractivity contribution in [2.45, 2.75) is 64.6 Å². The number of carbonyl (C=O) groups excluding carboxylic acids is 2. The summed E-state index contributed by atoms with van der Waals surface area (Å²) < 4.78 is 33.0. The van der Waals surface area contributed by atoms with Crippen LogP contribution >= 0.6 is 15.9 Å². The second kappa shape index (κ2) is 12.8. The Bertz CT molecular complexity index is 1210. The molecule has 0 saturated heterocycles.